The van der Waals surface area contributed by atoms with E-state index in [9.17, 15) is 9.59 Å². The molecule has 1 aliphatic rings. The van der Waals surface area contributed by atoms with Crippen molar-refractivity contribution in [1.29, 1.82) is 0 Å². The third kappa shape index (κ3) is 1.32. The molecule has 5 nitrogen and oxygen atoms in total. The van der Waals surface area contributed by atoms with Crippen LogP contribution in [0.5, 0.6) is 0 Å². The summed E-state index contributed by atoms with van der Waals surface area (Å²) in [4.78, 5) is 30.4. The summed E-state index contributed by atoms with van der Waals surface area (Å²) in [6.45, 7) is 0.512. The molecule has 1 fully saturated rings. The van der Waals surface area contributed by atoms with Gasteiger partial charge in [0.25, 0.3) is 5.91 Å². The molecule has 1 saturated heterocycles. The molecule has 1 aromatic heterocycles. The number of carbonyl (C=O) groups is 2. The lowest BCUT2D eigenvalue weighted by molar-refractivity contribution is -0.125. The van der Waals surface area contributed by atoms with E-state index >= 15 is 0 Å². The van der Waals surface area contributed by atoms with Crippen LogP contribution in [0.25, 0.3) is 0 Å². The molecule has 13 heavy (non-hydrogen) atoms. The Hall–Kier alpha value is -1.65. The molecule has 2 heterocycles. The van der Waals surface area contributed by atoms with Crippen molar-refractivity contribution in [3.63, 3.8) is 0 Å². The highest BCUT2D eigenvalue weighted by Crippen LogP contribution is 2.11. The first kappa shape index (κ1) is 7.97. The maximum atomic E-state index is 11.5. The van der Waals surface area contributed by atoms with Crippen molar-refractivity contribution >= 4 is 11.8 Å². The molecule has 0 saturated carbocycles. The number of hydrogen-bond acceptors (Lipinski definition) is 3. The zero-order valence-electron chi connectivity index (χ0n) is 6.99. The maximum absolute atomic E-state index is 11.5. The van der Waals surface area contributed by atoms with Gasteiger partial charge in [-0.25, -0.2) is 4.98 Å². The molecule has 0 unspecified atom stereocenters. The summed E-state index contributed by atoms with van der Waals surface area (Å²) in [6.07, 6.45) is 4.28. The molecule has 5 heteroatoms. The third-order valence-corrected chi connectivity index (χ3v) is 2.02. The molecule has 0 aliphatic carbocycles. The molecule has 2 rings (SSSR count). The number of likely N-dealkylation sites (tertiary alicyclic amines) is 1. The van der Waals surface area contributed by atoms with Gasteiger partial charge in [-0.3, -0.25) is 14.5 Å². The average molecular weight is 179 g/mol. The van der Waals surface area contributed by atoms with Crippen LogP contribution in [0, 0.1) is 0 Å². The molecule has 0 atom stereocenters. The van der Waals surface area contributed by atoms with Crippen LogP contribution in [0.4, 0.5) is 0 Å². The van der Waals surface area contributed by atoms with Crippen LogP contribution < -0.4 is 0 Å². The molecule has 1 aromatic rings. The SMILES string of the molecule is O=C1CCCN1C(=O)c1ncc[nH]1. The van der Waals surface area contributed by atoms with Gasteiger partial charge in [0.2, 0.25) is 5.91 Å². The van der Waals surface area contributed by atoms with Gasteiger partial charge >= 0.3 is 0 Å². The predicted molar refractivity (Wildman–Crippen MR) is 43.9 cm³/mol. The van der Waals surface area contributed by atoms with Gasteiger partial charge in [-0.1, -0.05) is 0 Å². The second kappa shape index (κ2) is 3.01. The Balaban J connectivity index is 2.18. The quantitative estimate of drug-likeness (QED) is 0.625. The van der Waals surface area contributed by atoms with Crippen LogP contribution in [0.15, 0.2) is 12.4 Å². The van der Waals surface area contributed by atoms with E-state index in [2.05, 4.69) is 9.97 Å². The van der Waals surface area contributed by atoms with Crippen molar-refractivity contribution < 1.29 is 9.59 Å². The number of nitrogens with one attached hydrogen (secondary N) is 1. The summed E-state index contributed by atoms with van der Waals surface area (Å²) in [5.41, 5.74) is 0. The number of aromatic amines is 1. The number of rotatable bonds is 1. The lowest BCUT2D eigenvalue weighted by atomic mass is 10.4. The lowest BCUT2D eigenvalue weighted by Crippen LogP contribution is -2.32. The Morgan fingerprint density at radius 1 is 1.62 bits per heavy atom. The minimum atomic E-state index is -0.326. The van der Waals surface area contributed by atoms with Crippen LogP contribution >= 0.6 is 0 Å². The van der Waals surface area contributed by atoms with Crippen molar-refractivity contribution in [2.45, 2.75) is 12.8 Å². The zero-order valence-corrected chi connectivity index (χ0v) is 6.99. The number of amides is 2. The molecular weight excluding hydrogens is 170 g/mol. The molecule has 0 radical (unpaired) electrons. The van der Waals surface area contributed by atoms with E-state index in [0.717, 1.165) is 6.42 Å². The molecule has 0 bridgehead atoms. The number of hydrogen-bond donors (Lipinski definition) is 1. The highest BCUT2D eigenvalue weighted by molar-refractivity contribution is 6.03. The predicted octanol–water partition coefficient (Wildman–Crippen LogP) is 0.172. The zero-order chi connectivity index (χ0) is 9.26. The first-order valence-corrected chi connectivity index (χ1v) is 4.13. The minimum Gasteiger partial charge on any atom is -0.341 e. The van der Waals surface area contributed by atoms with Crippen molar-refractivity contribution in [1.82, 2.24) is 14.9 Å². The largest absolute Gasteiger partial charge is 0.341 e. The molecule has 2 amide bonds. The van der Waals surface area contributed by atoms with Crippen molar-refractivity contribution in [3.05, 3.63) is 18.2 Å². The number of aromatic nitrogens is 2. The molecule has 0 spiro atoms. The Morgan fingerprint density at radius 2 is 2.46 bits per heavy atom. The summed E-state index contributed by atoms with van der Waals surface area (Å²) in [5.74, 6) is -0.204. The monoisotopic (exact) mass is 179 g/mol. The molecule has 1 aliphatic heterocycles. The van der Waals surface area contributed by atoms with Gasteiger partial charge in [0.1, 0.15) is 0 Å². The summed E-state index contributed by atoms with van der Waals surface area (Å²) < 4.78 is 0. The molecule has 1 N–H and O–H groups in total. The Morgan fingerprint density at radius 3 is 3.00 bits per heavy atom. The highest BCUT2D eigenvalue weighted by Gasteiger charge is 2.28. The fourth-order valence-electron chi connectivity index (χ4n) is 1.37. The van der Waals surface area contributed by atoms with Crippen molar-refractivity contribution in [2.24, 2.45) is 0 Å². The summed E-state index contributed by atoms with van der Waals surface area (Å²) in [6, 6.07) is 0. The number of imidazole rings is 1. The lowest BCUT2D eigenvalue weighted by Gasteiger charge is -2.10. The van der Waals surface area contributed by atoms with Crippen molar-refractivity contribution in [3.8, 4) is 0 Å². The first-order chi connectivity index (χ1) is 6.29. The second-order valence-corrected chi connectivity index (χ2v) is 2.89. The van der Waals surface area contributed by atoms with Gasteiger partial charge in [-0.2, -0.15) is 0 Å². The minimum absolute atomic E-state index is 0.110. The van der Waals surface area contributed by atoms with E-state index in [1.54, 1.807) is 6.20 Å². The topological polar surface area (TPSA) is 66.1 Å². The Labute approximate surface area is 74.8 Å². The Kier molecular flexibility index (Phi) is 1.84. The molecule has 68 valence electrons. The van der Waals surface area contributed by atoms with Gasteiger partial charge in [0.05, 0.1) is 0 Å². The fraction of sp³-hybridized carbons (Fsp3) is 0.375. The van der Waals surface area contributed by atoms with E-state index in [1.807, 2.05) is 0 Å². The summed E-state index contributed by atoms with van der Waals surface area (Å²) >= 11 is 0. The third-order valence-electron chi connectivity index (χ3n) is 2.02. The van der Waals surface area contributed by atoms with Gasteiger partial charge < -0.3 is 4.98 Å². The normalized spacial score (nSPS) is 16.6. The first-order valence-electron chi connectivity index (χ1n) is 4.13. The fourth-order valence-corrected chi connectivity index (χ4v) is 1.37. The highest BCUT2D eigenvalue weighted by atomic mass is 16.2. The van der Waals surface area contributed by atoms with E-state index in [-0.39, 0.29) is 17.6 Å². The summed E-state index contributed by atoms with van der Waals surface area (Å²) in [5, 5.41) is 0. The number of H-pyrrole nitrogens is 1. The van der Waals surface area contributed by atoms with Crippen LogP contribution in [-0.4, -0.2) is 33.2 Å². The summed E-state index contributed by atoms with van der Waals surface area (Å²) in [7, 11) is 0. The molecular formula is C8H9N3O2. The van der Waals surface area contributed by atoms with Gasteiger partial charge in [0, 0.05) is 25.4 Å². The second-order valence-electron chi connectivity index (χ2n) is 2.89. The Bertz CT molecular complexity index is 331. The molecule has 0 aromatic carbocycles. The number of carbonyl (C=O) groups excluding carboxylic acids is 2. The van der Waals surface area contributed by atoms with Crippen LogP contribution in [0.3, 0.4) is 0 Å². The van der Waals surface area contributed by atoms with Crippen LogP contribution in [0.2, 0.25) is 0 Å². The standard InChI is InChI=1S/C8H9N3O2/c12-6-2-1-5-11(6)8(13)7-9-3-4-10-7/h3-4H,1-2,5H2,(H,9,10). The maximum Gasteiger partial charge on any atom is 0.296 e. The number of nitrogens with zero attached hydrogens (tertiary/aromatic N) is 2. The van der Waals surface area contributed by atoms with E-state index < -0.39 is 0 Å². The average Bonchev–Trinajstić information content (AvgIpc) is 2.72. The van der Waals surface area contributed by atoms with Crippen LogP contribution in [0.1, 0.15) is 23.5 Å². The van der Waals surface area contributed by atoms with E-state index in [4.69, 9.17) is 0 Å². The smallest absolute Gasteiger partial charge is 0.296 e. The van der Waals surface area contributed by atoms with E-state index in [1.165, 1.54) is 11.1 Å². The van der Waals surface area contributed by atoms with Gasteiger partial charge in [-0.05, 0) is 6.42 Å². The van der Waals surface area contributed by atoms with Crippen LogP contribution in [-0.2, 0) is 4.79 Å². The van der Waals surface area contributed by atoms with Gasteiger partial charge in [0.15, 0.2) is 5.82 Å². The van der Waals surface area contributed by atoms with Crippen molar-refractivity contribution in [2.75, 3.05) is 6.54 Å². The van der Waals surface area contributed by atoms with Gasteiger partial charge in [-0.15, -0.1) is 0 Å². The number of imide groups is 1. The van der Waals surface area contributed by atoms with E-state index in [0.29, 0.717) is 13.0 Å².